The van der Waals surface area contributed by atoms with Crippen LogP contribution >= 0.6 is 11.6 Å². The fourth-order valence-corrected chi connectivity index (χ4v) is 4.05. The summed E-state index contributed by atoms with van der Waals surface area (Å²) in [5, 5.41) is 14.3. The van der Waals surface area contributed by atoms with Crippen LogP contribution < -0.4 is 5.32 Å². The quantitative estimate of drug-likeness (QED) is 0.350. The second kappa shape index (κ2) is 7.66. The molecule has 2 heterocycles. The third-order valence-corrected chi connectivity index (χ3v) is 5.58. The number of aromatic nitrogens is 2. The number of aromatic hydroxyl groups is 1. The Bertz CT molecular complexity index is 1530. The fourth-order valence-electron chi connectivity index (χ4n) is 3.87. The predicted molar refractivity (Wildman–Crippen MR) is 125 cm³/mol. The van der Waals surface area contributed by atoms with Crippen LogP contribution in [0.2, 0.25) is 5.02 Å². The molecule has 0 unspecified atom stereocenters. The van der Waals surface area contributed by atoms with Gasteiger partial charge in [-0.05, 0) is 54.6 Å². The first-order chi connectivity index (χ1) is 15.4. The number of fused-ring (bicyclic) bond motifs is 2. The molecule has 0 aliphatic rings. The molecule has 32 heavy (non-hydrogen) atoms. The number of phenolic OH excluding ortho intramolecular Hbond substituents is 1. The molecular weight excluding hydrogens is 429 g/mol. The molecule has 5 aromatic rings. The number of pyridine rings is 1. The van der Waals surface area contributed by atoms with E-state index < -0.39 is 0 Å². The summed E-state index contributed by atoms with van der Waals surface area (Å²) in [4.78, 5) is 18.0. The van der Waals surface area contributed by atoms with Gasteiger partial charge in [-0.15, -0.1) is 0 Å². The summed E-state index contributed by atoms with van der Waals surface area (Å²) in [5.41, 5.74) is 3.51. The number of carbonyl (C=O) groups excluding carboxylic acids is 1. The summed E-state index contributed by atoms with van der Waals surface area (Å²) in [7, 11) is 1.88. The van der Waals surface area contributed by atoms with Gasteiger partial charge in [0.25, 0.3) is 5.91 Å². The Hall–Kier alpha value is -3.90. The topological polar surface area (TPSA) is 67.2 Å². The van der Waals surface area contributed by atoms with Crippen molar-refractivity contribution < 1.29 is 14.3 Å². The highest BCUT2D eigenvalue weighted by atomic mass is 35.5. The molecule has 0 radical (unpaired) electrons. The molecule has 7 heteroatoms. The van der Waals surface area contributed by atoms with Crippen molar-refractivity contribution >= 4 is 45.0 Å². The number of hydrogen-bond donors (Lipinski definition) is 2. The zero-order valence-electron chi connectivity index (χ0n) is 16.9. The zero-order chi connectivity index (χ0) is 22.4. The van der Waals surface area contributed by atoms with E-state index in [1.165, 1.54) is 24.3 Å². The molecule has 0 aliphatic heterocycles. The molecule has 3 aromatic carbocycles. The molecule has 1 amide bonds. The van der Waals surface area contributed by atoms with Gasteiger partial charge in [0, 0.05) is 51.9 Å². The van der Waals surface area contributed by atoms with Crippen LogP contribution in [0.4, 0.5) is 10.1 Å². The van der Waals surface area contributed by atoms with Crippen molar-refractivity contribution in [2.45, 2.75) is 0 Å². The number of hydrogen-bond acceptors (Lipinski definition) is 3. The number of phenols is 1. The maximum Gasteiger partial charge on any atom is 0.256 e. The Labute approximate surface area is 187 Å². The van der Waals surface area contributed by atoms with E-state index in [1.54, 1.807) is 42.5 Å². The number of nitrogens with one attached hydrogen (secondary N) is 1. The van der Waals surface area contributed by atoms with Gasteiger partial charge in [0.2, 0.25) is 0 Å². The molecule has 5 nitrogen and oxygen atoms in total. The number of halogens is 2. The monoisotopic (exact) mass is 445 g/mol. The van der Waals surface area contributed by atoms with Gasteiger partial charge in [-0.25, -0.2) is 9.37 Å². The van der Waals surface area contributed by atoms with Crippen LogP contribution in [0.15, 0.2) is 72.9 Å². The highest BCUT2D eigenvalue weighted by Crippen LogP contribution is 2.33. The second-order valence-electron chi connectivity index (χ2n) is 7.54. The van der Waals surface area contributed by atoms with Gasteiger partial charge in [0.05, 0.1) is 16.8 Å². The average molecular weight is 446 g/mol. The zero-order valence-corrected chi connectivity index (χ0v) is 17.7. The summed E-state index contributed by atoms with van der Waals surface area (Å²) >= 11 is 6.19. The smallest absolute Gasteiger partial charge is 0.256 e. The summed E-state index contributed by atoms with van der Waals surface area (Å²) in [5.74, 6) is -0.679. The molecule has 0 bridgehead atoms. The maximum atomic E-state index is 14.0. The lowest BCUT2D eigenvalue weighted by Gasteiger charge is -2.11. The predicted octanol–water partition coefficient (Wildman–Crippen LogP) is 6.14. The van der Waals surface area contributed by atoms with Crippen LogP contribution in [0.25, 0.3) is 33.1 Å². The van der Waals surface area contributed by atoms with E-state index >= 15 is 0 Å². The van der Waals surface area contributed by atoms with Crippen LogP contribution in [0.1, 0.15) is 10.4 Å². The molecule has 5 rings (SSSR count). The number of anilines is 1. The van der Waals surface area contributed by atoms with Crippen molar-refractivity contribution in [2.24, 2.45) is 7.05 Å². The lowest BCUT2D eigenvalue weighted by Crippen LogP contribution is -2.13. The van der Waals surface area contributed by atoms with E-state index in [-0.39, 0.29) is 17.5 Å². The van der Waals surface area contributed by atoms with E-state index in [9.17, 15) is 14.3 Å². The summed E-state index contributed by atoms with van der Waals surface area (Å²) in [6.45, 7) is 0. The SMILES string of the molecule is Cn1cc(-c2cc(C(=O)Nc3cccc(O)c3)c3cc(Cl)ccc3n2)c2cc(F)ccc21. The van der Waals surface area contributed by atoms with E-state index in [0.29, 0.717) is 43.8 Å². The van der Waals surface area contributed by atoms with Gasteiger partial charge < -0.3 is 15.0 Å². The number of benzene rings is 3. The molecular formula is C25H17ClFN3O2. The minimum absolute atomic E-state index is 0.0453. The largest absolute Gasteiger partial charge is 0.508 e. The maximum absolute atomic E-state index is 14.0. The lowest BCUT2D eigenvalue weighted by molar-refractivity contribution is 0.102. The summed E-state index contributed by atoms with van der Waals surface area (Å²) < 4.78 is 15.9. The third kappa shape index (κ3) is 3.55. The first-order valence-corrected chi connectivity index (χ1v) is 10.2. The van der Waals surface area contributed by atoms with Gasteiger partial charge in [-0.1, -0.05) is 17.7 Å². The molecule has 0 aliphatic carbocycles. The van der Waals surface area contributed by atoms with Gasteiger partial charge in [-0.2, -0.15) is 0 Å². The Balaban J connectivity index is 1.70. The van der Waals surface area contributed by atoms with Crippen LogP contribution in [0.5, 0.6) is 5.75 Å². The highest BCUT2D eigenvalue weighted by Gasteiger charge is 2.18. The van der Waals surface area contributed by atoms with Gasteiger partial charge in [-0.3, -0.25) is 4.79 Å². The minimum Gasteiger partial charge on any atom is -0.508 e. The van der Waals surface area contributed by atoms with Gasteiger partial charge in [0.15, 0.2) is 0 Å². The lowest BCUT2D eigenvalue weighted by atomic mass is 10.0. The Kier molecular flexibility index (Phi) is 4.79. The van der Waals surface area contributed by atoms with Gasteiger partial charge >= 0.3 is 0 Å². The van der Waals surface area contributed by atoms with Crippen molar-refractivity contribution in [1.82, 2.24) is 9.55 Å². The number of aryl methyl sites for hydroxylation is 1. The van der Waals surface area contributed by atoms with Gasteiger partial charge in [0.1, 0.15) is 11.6 Å². The van der Waals surface area contributed by atoms with Crippen LogP contribution in [0.3, 0.4) is 0 Å². The molecule has 0 saturated heterocycles. The van der Waals surface area contributed by atoms with Crippen LogP contribution in [-0.4, -0.2) is 20.6 Å². The molecule has 2 aromatic heterocycles. The number of nitrogens with zero attached hydrogens (tertiary/aromatic N) is 2. The average Bonchev–Trinajstić information content (AvgIpc) is 3.08. The summed E-state index contributed by atoms with van der Waals surface area (Å²) in [6, 6.07) is 17.7. The van der Waals surface area contributed by atoms with Crippen LogP contribution in [-0.2, 0) is 7.05 Å². The fraction of sp³-hybridized carbons (Fsp3) is 0.0400. The molecule has 2 N–H and O–H groups in total. The Morgan fingerprint density at radius 1 is 1.06 bits per heavy atom. The standard InChI is InChI=1S/C25H17ClFN3O2/c1-30-13-21(19-10-15(27)6-8-24(19)30)23-12-20(18-9-14(26)5-7-22(18)29-23)25(32)28-16-3-2-4-17(31)11-16/h2-13,31H,1H3,(H,28,32). The van der Waals surface area contributed by atoms with E-state index in [1.807, 2.05) is 17.8 Å². The Morgan fingerprint density at radius 3 is 2.72 bits per heavy atom. The number of carbonyl (C=O) groups is 1. The molecule has 0 spiro atoms. The third-order valence-electron chi connectivity index (χ3n) is 5.35. The van der Waals surface area contributed by atoms with Crippen molar-refractivity contribution in [3.8, 4) is 17.0 Å². The molecule has 0 saturated carbocycles. The molecule has 0 atom stereocenters. The highest BCUT2D eigenvalue weighted by molar-refractivity contribution is 6.31. The van der Waals surface area contributed by atoms with Crippen molar-refractivity contribution in [3.05, 3.63) is 89.3 Å². The van der Waals surface area contributed by atoms with Crippen molar-refractivity contribution in [1.29, 1.82) is 0 Å². The number of rotatable bonds is 3. The van der Waals surface area contributed by atoms with E-state index in [2.05, 4.69) is 5.32 Å². The Morgan fingerprint density at radius 2 is 1.91 bits per heavy atom. The first-order valence-electron chi connectivity index (χ1n) is 9.85. The van der Waals surface area contributed by atoms with E-state index in [4.69, 9.17) is 16.6 Å². The van der Waals surface area contributed by atoms with E-state index in [0.717, 1.165) is 5.52 Å². The summed E-state index contributed by atoms with van der Waals surface area (Å²) in [6.07, 6.45) is 1.87. The normalized spacial score (nSPS) is 11.2. The first kappa shape index (κ1) is 20.0. The minimum atomic E-state index is -0.377. The molecule has 158 valence electrons. The molecule has 0 fully saturated rings. The van der Waals surface area contributed by atoms with Crippen LogP contribution in [0, 0.1) is 5.82 Å². The van der Waals surface area contributed by atoms with Crippen molar-refractivity contribution in [2.75, 3.05) is 5.32 Å². The second-order valence-corrected chi connectivity index (χ2v) is 7.97. The van der Waals surface area contributed by atoms with Crippen molar-refractivity contribution in [3.63, 3.8) is 0 Å². The number of amides is 1.